The van der Waals surface area contributed by atoms with Crippen molar-refractivity contribution in [3.8, 4) is 0 Å². The molecule has 7 heterocycles. The smallest absolute Gasteiger partial charge is 0.315 e. The van der Waals surface area contributed by atoms with Crippen LogP contribution < -0.4 is 0 Å². The van der Waals surface area contributed by atoms with Gasteiger partial charge in [0.1, 0.15) is 122 Å². The van der Waals surface area contributed by atoms with Gasteiger partial charge in [-0.3, -0.25) is 4.79 Å². The predicted molar refractivity (Wildman–Crippen MR) is 337 cm³/mol. The minimum atomic E-state index is -2.24. The van der Waals surface area contributed by atoms with E-state index in [1.807, 2.05) is 6.92 Å². The Kier molecular flexibility index (Phi) is 23.1. The highest BCUT2D eigenvalue weighted by Gasteiger charge is 2.72. The third kappa shape index (κ3) is 13.5. The molecule has 0 aromatic rings. The summed E-state index contributed by atoms with van der Waals surface area (Å²) >= 11 is 0. The first kappa shape index (κ1) is 79.5. The summed E-state index contributed by atoms with van der Waals surface area (Å²) in [6.07, 6.45) is -45.0. The second kappa shape index (κ2) is 29.6. The quantitative estimate of drug-likeness (QED) is 0.0366. The van der Waals surface area contributed by atoms with Crippen LogP contribution in [0.1, 0.15) is 113 Å². The van der Waals surface area contributed by atoms with Crippen LogP contribution in [0, 0.1) is 50.2 Å². The molecule has 0 radical (unpaired) electrons. The van der Waals surface area contributed by atoms with Crippen molar-refractivity contribution in [2.24, 2.45) is 50.2 Å². The van der Waals surface area contributed by atoms with Crippen LogP contribution in [0.5, 0.6) is 0 Å². The van der Waals surface area contributed by atoms with Crippen LogP contribution in [0.2, 0.25) is 0 Å². The molecular weight excluding hydrogens is 1360 g/mol. The number of fused-ring (bicyclic) bond motifs is 7. The summed E-state index contributed by atoms with van der Waals surface area (Å²) in [5.74, 6) is -1.50. The number of hydrogen-bond acceptors (Lipinski definition) is 34. The van der Waals surface area contributed by atoms with Crippen molar-refractivity contribution in [3.05, 3.63) is 11.6 Å². The van der Waals surface area contributed by atoms with Crippen molar-refractivity contribution in [2.45, 2.75) is 309 Å². The maximum Gasteiger partial charge on any atom is 0.315 e. The van der Waals surface area contributed by atoms with Crippen LogP contribution in [0.3, 0.4) is 0 Å². The largest absolute Gasteiger partial charge is 0.432 e. The van der Waals surface area contributed by atoms with E-state index in [0.717, 1.165) is 5.57 Å². The highest BCUT2D eigenvalue weighted by Crippen LogP contribution is 2.76. The topological polar surface area (TPSA) is 531 Å². The van der Waals surface area contributed by atoms with Gasteiger partial charge in [0.05, 0.1) is 76.1 Å². The minimum absolute atomic E-state index is 0.120. The summed E-state index contributed by atoms with van der Waals surface area (Å²) in [5, 5.41) is 211. The molecule has 7 aliphatic heterocycles. The lowest BCUT2D eigenvalue weighted by Gasteiger charge is -2.72. The minimum Gasteiger partial charge on any atom is -0.432 e. The van der Waals surface area contributed by atoms with Crippen LogP contribution in [-0.4, -0.2) is 345 Å². The zero-order chi connectivity index (χ0) is 74.2. The van der Waals surface area contributed by atoms with Gasteiger partial charge in [0.2, 0.25) is 6.29 Å². The van der Waals surface area contributed by atoms with E-state index in [2.05, 4.69) is 40.7 Å². The van der Waals surface area contributed by atoms with Gasteiger partial charge in [0.25, 0.3) is 0 Å². The number of esters is 1. The Morgan fingerprint density at radius 1 is 0.490 bits per heavy atom. The molecule has 102 heavy (non-hydrogen) atoms. The Balaban J connectivity index is 0.771. The molecule has 5 aliphatic carbocycles. The number of aliphatic hydroxyl groups is 19. The van der Waals surface area contributed by atoms with E-state index in [0.29, 0.717) is 51.4 Å². The maximum absolute atomic E-state index is 15.7. The second-order valence-corrected chi connectivity index (χ2v) is 33.0. The zero-order valence-electron chi connectivity index (χ0n) is 58.6. The van der Waals surface area contributed by atoms with E-state index in [4.69, 9.17) is 66.3 Å². The molecule has 7 saturated heterocycles. The fraction of sp³-hybridized carbons (Fsp3) is 0.956. The summed E-state index contributed by atoms with van der Waals surface area (Å²) in [6, 6.07) is 0. The molecule has 0 amide bonds. The van der Waals surface area contributed by atoms with Crippen molar-refractivity contribution in [2.75, 3.05) is 46.2 Å². The first-order valence-corrected chi connectivity index (χ1v) is 35.9. The number of aliphatic hydroxyl groups excluding tert-OH is 18. The SMILES string of the molecule is C[C@@H]1O[C@@H](O[C@@H]2[C@@H](O)[C@H](O[C@@H]3[C@@H](O[C@@H]4OC[C@](O)(CO)[C@H]4O)[C@@H](O)[C@H](O[C@H]4[C@H](OC(=O)[C@]56CCC(C)(C)C[C@H]5C5=CC[C@@H]7[C@@]8(C)CC(O)C(O[C@@H]9O[C@H](CO)[C@@H](O)[C@H](O[C@@H]%10OC[C@@H](O)[C@H](O)[C@H]%10O)[C@H]9O)[C@@](C)(CO)[C@@H]8CC[C@@]7(C)[C@]5(C)CC6)OC[C@H](O)[C@@H]4O)O[C@H]3C)OC[C@H]2O)[C@H](O)[C@H](O)[C@H]1O. The first-order chi connectivity index (χ1) is 47.9. The number of rotatable bonds is 17. The summed E-state index contributed by atoms with van der Waals surface area (Å²) in [7, 11) is 0. The molecule has 0 spiro atoms. The van der Waals surface area contributed by atoms with Gasteiger partial charge in [-0.1, -0.05) is 53.2 Å². The first-order valence-electron chi connectivity index (χ1n) is 35.9. The molecular formula is C68H110O34. The summed E-state index contributed by atoms with van der Waals surface area (Å²) < 4.78 is 83.9. The second-order valence-electron chi connectivity index (χ2n) is 33.0. The van der Waals surface area contributed by atoms with E-state index < -0.39 is 281 Å². The predicted octanol–water partition coefficient (Wildman–Crippen LogP) is -6.01. The number of ether oxygens (including phenoxy) is 14. The molecule has 0 aromatic heterocycles. The zero-order valence-corrected chi connectivity index (χ0v) is 58.6. The molecule has 40 atom stereocenters. The van der Waals surface area contributed by atoms with Crippen molar-refractivity contribution >= 4 is 5.97 Å². The van der Waals surface area contributed by atoms with Crippen LogP contribution in [0.25, 0.3) is 0 Å². The molecule has 4 saturated carbocycles. The Hall–Kier alpha value is -2.07. The van der Waals surface area contributed by atoms with Gasteiger partial charge < -0.3 is 163 Å². The number of carbonyl (C=O) groups is 1. The molecule has 12 rings (SSSR count). The molecule has 0 bridgehead atoms. The normalized spacial score (nSPS) is 55.6. The summed E-state index contributed by atoms with van der Waals surface area (Å²) in [6.45, 7) is 11.2. The van der Waals surface area contributed by atoms with Gasteiger partial charge >= 0.3 is 5.97 Å². The lowest BCUT2D eigenvalue weighted by molar-refractivity contribution is -0.387. The van der Waals surface area contributed by atoms with Crippen molar-refractivity contribution in [3.63, 3.8) is 0 Å². The van der Waals surface area contributed by atoms with E-state index in [1.165, 1.54) is 13.8 Å². The highest BCUT2D eigenvalue weighted by atomic mass is 16.8. The van der Waals surface area contributed by atoms with E-state index >= 15 is 4.79 Å². The Morgan fingerprint density at radius 3 is 1.72 bits per heavy atom. The average Bonchev–Trinajstić information content (AvgIpc) is 0.746. The van der Waals surface area contributed by atoms with E-state index in [1.54, 1.807) is 0 Å². The molecule has 34 heteroatoms. The van der Waals surface area contributed by atoms with Crippen LogP contribution in [0.15, 0.2) is 11.6 Å². The van der Waals surface area contributed by atoms with Crippen molar-refractivity contribution < 1.29 is 168 Å². The average molecular weight is 1470 g/mol. The van der Waals surface area contributed by atoms with Crippen molar-refractivity contribution in [1.29, 1.82) is 0 Å². The van der Waals surface area contributed by atoms with Crippen LogP contribution in [-0.2, 0) is 71.1 Å². The van der Waals surface area contributed by atoms with Crippen LogP contribution >= 0.6 is 0 Å². The Morgan fingerprint density at radius 2 is 1.05 bits per heavy atom. The van der Waals surface area contributed by atoms with E-state index in [-0.39, 0.29) is 23.7 Å². The third-order valence-electron chi connectivity index (χ3n) is 26.3. The fourth-order valence-corrected chi connectivity index (χ4v) is 19.9. The summed E-state index contributed by atoms with van der Waals surface area (Å²) in [4.78, 5) is 15.7. The molecule has 0 aromatic carbocycles. The number of carbonyl (C=O) groups excluding carboxylic acids is 1. The van der Waals surface area contributed by atoms with Gasteiger partial charge in [-0.05, 0) is 111 Å². The molecule has 2 unspecified atom stereocenters. The lowest BCUT2D eigenvalue weighted by Crippen LogP contribution is -2.70. The lowest BCUT2D eigenvalue weighted by atomic mass is 9.33. The van der Waals surface area contributed by atoms with Crippen LogP contribution in [0.4, 0.5) is 0 Å². The van der Waals surface area contributed by atoms with Gasteiger partial charge in [0.15, 0.2) is 43.8 Å². The molecule has 34 nitrogen and oxygen atoms in total. The highest BCUT2D eigenvalue weighted by molar-refractivity contribution is 5.79. The molecule has 12 aliphatic rings. The van der Waals surface area contributed by atoms with Gasteiger partial charge in [-0.2, -0.15) is 0 Å². The monoisotopic (exact) mass is 1470 g/mol. The standard InChI is InChI=1S/C68H110O34/c1-26-37(76)41(80)43(82)56(93-26)97-48-33(75)22-90-55(44(48)83)96-47-27(2)94-57(46(85)50(47)99-60-52(86)68(88,24-71)25-92-60)100-51-39(78)32(74)21-91-59(51)102-61(87)67-15-13-62(3,4)17-29(67)28-9-10-36-63(5)18-30(72)53(64(6,23-70)35(63)11-12-66(36,8)65(28,7)14-16-67)101-58-45(84)49(40(79)34(19-69)95-58)98-54-42(81)38(77)31(73)20-89-54/h9,26-27,29-60,69-86,88H,10-25H2,1-8H3/t26-,27-,29-,30?,31+,32-,33+,34+,35+,36+,37-,38-,39-,40+,41+,42+,43+,44+,45+,46+,47-,48-,49-,50-,51+,52-,53?,54-,55-,56-,57-,58-,59-,60-,63-,64-,65+,66+,67-,68+/m0/s1. The summed E-state index contributed by atoms with van der Waals surface area (Å²) in [5.41, 5.74) is -5.54. The molecule has 586 valence electrons. The van der Waals surface area contributed by atoms with Gasteiger partial charge in [0, 0.05) is 5.41 Å². The van der Waals surface area contributed by atoms with E-state index in [9.17, 15) is 97.0 Å². The van der Waals surface area contributed by atoms with Crippen molar-refractivity contribution in [1.82, 2.24) is 0 Å². The van der Waals surface area contributed by atoms with Gasteiger partial charge in [-0.15, -0.1) is 0 Å². The van der Waals surface area contributed by atoms with Gasteiger partial charge in [-0.25, -0.2) is 0 Å². The third-order valence-corrected chi connectivity index (χ3v) is 26.3. The number of allylic oxidation sites excluding steroid dienone is 2. The molecule has 19 N–H and O–H groups in total. The Bertz CT molecular complexity index is 2920. The maximum atomic E-state index is 15.7. The molecule has 11 fully saturated rings. The number of hydrogen-bond donors (Lipinski definition) is 19. The Labute approximate surface area is 589 Å². The fourth-order valence-electron chi connectivity index (χ4n) is 19.9.